The fourth-order valence-electron chi connectivity index (χ4n) is 8.55. The van der Waals surface area contributed by atoms with Crippen LogP contribution in [0, 0.1) is 0 Å². The van der Waals surface area contributed by atoms with Crippen LogP contribution in [0.3, 0.4) is 0 Å². The second-order valence-electron chi connectivity index (χ2n) is 15.3. The molecule has 2 heterocycles. The van der Waals surface area contributed by atoms with Crippen molar-refractivity contribution in [3.05, 3.63) is 206 Å². The molecule has 0 fully saturated rings. The van der Waals surface area contributed by atoms with E-state index < -0.39 is 0 Å². The van der Waals surface area contributed by atoms with E-state index in [9.17, 15) is 0 Å². The minimum absolute atomic E-state index is 0.716. The van der Waals surface area contributed by atoms with E-state index in [0.29, 0.717) is 11.5 Å². The molecule has 0 N–H and O–H groups in total. The molecule has 8 heteroatoms. The lowest BCUT2D eigenvalue weighted by atomic mass is 9.55. The number of ether oxygens (including phenoxy) is 2. The molecule has 292 valence electrons. The summed E-state index contributed by atoms with van der Waals surface area (Å²) in [5.41, 5.74) is 14.1. The van der Waals surface area contributed by atoms with E-state index in [4.69, 9.17) is 34.7 Å². The normalized spacial score (nSPS) is 11.9. The van der Waals surface area contributed by atoms with Gasteiger partial charge in [-0.2, -0.15) is 0 Å². The van der Waals surface area contributed by atoms with Gasteiger partial charge in [0, 0.05) is 50.7 Å². The van der Waals surface area contributed by atoms with Gasteiger partial charge in [-0.15, -0.1) is 25.3 Å². The number of rotatable bonds is 8. The van der Waals surface area contributed by atoms with E-state index in [0.717, 1.165) is 99.5 Å². The minimum atomic E-state index is 0.716. The van der Waals surface area contributed by atoms with Crippen molar-refractivity contribution in [1.82, 2.24) is 0 Å². The Morgan fingerprint density at radius 3 is 1.00 bits per heavy atom. The SMILES string of the molecule is Sc1ccccc1-c1cc(N(c2ccccc2)c2ccccc2)cc2c1[B]c1cc3c(cc1O2)Oc1cc(N(c2ccccc2)c2ccccc2)cc(-c2ccccc2S)c1[B]3. The number of hydrogen-bond acceptors (Lipinski definition) is 6. The topological polar surface area (TPSA) is 24.9 Å². The van der Waals surface area contributed by atoms with Crippen molar-refractivity contribution >= 4 is 95.8 Å². The summed E-state index contributed by atoms with van der Waals surface area (Å²) in [6, 6.07) is 71.1. The van der Waals surface area contributed by atoms with E-state index in [1.807, 2.05) is 54.6 Å². The molecular weight excluding hydrogens is 794 g/mol. The van der Waals surface area contributed by atoms with E-state index in [1.54, 1.807) is 0 Å². The molecule has 62 heavy (non-hydrogen) atoms. The molecule has 2 radical (unpaired) electrons. The average molecular weight is 831 g/mol. The highest BCUT2D eigenvalue weighted by molar-refractivity contribution is 7.80. The molecule has 2 aliphatic rings. The maximum Gasteiger partial charge on any atom is 0.202 e. The number of thiol groups is 2. The van der Waals surface area contributed by atoms with Crippen LogP contribution in [-0.2, 0) is 0 Å². The summed E-state index contributed by atoms with van der Waals surface area (Å²) in [5, 5.41) is 0. The zero-order valence-electron chi connectivity index (χ0n) is 33.4. The van der Waals surface area contributed by atoms with E-state index in [1.165, 1.54) is 0 Å². The van der Waals surface area contributed by atoms with Gasteiger partial charge in [0.25, 0.3) is 0 Å². The Labute approximate surface area is 374 Å². The zero-order chi connectivity index (χ0) is 41.6. The van der Waals surface area contributed by atoms with E-state index in [-0.39, 0.29) is 0 Å². The summed E-state index contributed by atoms with van der Waals surface area (Å²) in [6.45, 7) is 0. The molecule has 9 aromatic rings. The van der Waals surface area contributed by atoms with Crippen LogP contribution in [0.5, 0.6) is 23.0 Å². The number of para-hydroxylation sites is 4. The first kappa shape index (κ1) is 38.0. The van der Waals surface area contributed by atoms with Crippen LogP contribution in [0.4, 0.5) is 34.1 Å². The van der Waals surface area contributed by atoms with Crippen LogP contribution in [0.1, 0.15) is 0 Å². The Kier molecular flexibility index (Phi) is 9.88. The quantitative estimate of drug-likeness (QED) is 0.118. The van der Waals surface area contributed by atoms with Crippen molar-refractivity contribution in [3.63, 3.8) is 0 Å². The molecule has 0 saturated heterocycles. The highest BCUT2D eigenvalue weighted by Crippen LogP contribution is 2.43. The van der Waals surface area contributed by atoms with Crippen molar-refractivity contribution in [1.29, 1.82) is 0 Å². The largest absolute Gasteiger partial charge is 0.458 e. The molecule has 0 amide bonds. The van der Waals surface area contributed by atoms with Gasteiger partial charge < -0.3 is 19.3 Å². The minimum Gasteiger partial charge on any atom is -0.458 e. The molecule has 0 spiro atoms. The van der Waals surface area contributed by atoms with E-state index >= 15 is 0 Å². The van der Waals surface area contributed by atoms with Crippen molar-refractivity contribution < 1.29 is 9.47 Å². The molecular formula is C54H36B2N2O2S2. The van der Waals surface area contributed by atoms with Crippen LogP contribution in [-0.4, -0.2) is 14.6 Å². The molecule has 0 bridgehead atoms. The van der Waals surface area contributed by atoms with Gasteiger partial charge >= 0.3 is 0 Å². The van der Waals surface area contributed by atoms with Crippen molar-refractivity contribution in [2.75, 3.05) is 9.80 Å². The molecule has 0 unspecified atom stereocenters. The first-order valence-corrected chi connectivity index (χ1v) is 21.4. The number of anilines is 6. The lowest BCUT2D eigenvalue weighted by molar-refractivity contribution is 0.466. The Bertz CT molecular complexity index is 2830. The van der Waals surface area contributed by atoms with Crippen molar-refractivity contribution in [2.24, 2.45) is 0 Å². The van der Waals surface area contributed by atoms with Crippen LogP contribution < -0.4 is 41.1 Å². The van der Waals surface area contributed by atoms with Gasteiger partial charge in [0.15, 0.2) is 0 Å². The summed E-state index contributed by atoms with van der Waals surface area (Å²) in [4.78, 5) is 6.29. The smallest absolute Gasteiger partial charge is 0.202 e. The van der Waals surface area contributed by atoms with Crippen molar-refractivity contribution in [3.8, 4) is 45.3 Å². The first-order valence-electron chi connectivity index (χ1n) is 20.5. The Balaban J connectivity index is 1.04. The predicted octanol–water partition coefficient (Wildman–Crippen LogP) is 12.1. The Morgan fingerprint density at radius 2 is 0.645 bits per heavy atom. The second kappa shape index (κ2) is 16.1. The van der Waals surface area contributed by atoms with Gasteiger partial charge in [-0.3, -0.25) is 0 Å². The molecule has 2 aliphatic heterocycles. The zero-order valence-corrected chi connectivity index (χ0v) is 35.2. The van der Waals surface area contributed by atoms with Crippen LogP contribution in [0.15, 0.2) is 216 Å². The van der Waals surface area contributed by atoms with Gasteiger partial charge in [-0.25, -0.2) is 0 Å². The molecule has 0 atom stereocenters. The lowest BCUT2D eigenvalue weighted by Gasteiger charge is -2.31. The van der Waals surface area contributed by atoms with Gasteiger partial charge in [0.1, 0.15) is 23.0 Å². The van der Waals surface area contributed by atoms with Crippen LogP contribution >= 0.6 is 25.3 Å². The maximum absolute atomic E-state index is 6.99. The molecule has 0 saturated carbocycles. The molecule has 4 nitrogen and oxygen atoms in total. The lowest BCUT2D eigenvalue weighted by Crippen LogP contribution is -2.41. The van der Waals surface area contributed by atoms with Crippen LogP contribution in [0.25, 0.3) is 22.3 Å². The third-order valence-electron chi connectivity index (χ3n) is 11.4. The molecule has 0 aromatic heterocycles. The first-order chi connectivity index (χ1) is 30.6. The second-order valence-corrected chi connectivity index (χ2v) is 16.2. The summed E-state index contributed by atoms with van der Waals surface area (Å²) in [7, 11) is 4.47. The Hall–Kier alpha value is -6.99. The Morgan fingerprint density at radius 1 is 0.306 bits per heavy atom. The van der Waals surface area contributed by atoms with Crippen LogP contribution in [0.2, 0.25) is 0 Å². The van der Waals surface area contributed by atoms with Gasteiger partial charge in [0.2, 0.25) is 14.6 Å². The highest BCUT2D eigenvalue weighted by atomic mass is 32.1. The van der Waals surface area contributed by atoms with E-state index in [2.05, 4.69) is 176 Å². The number of benzene rings is 9. The predicted molar refractivity (Wildman–Crippen MR) is 264 cm³/mol. The molecule has 11 rings (SSSR count). The number of fused-ring (bicyclic) bond motifs is 4. The molecule has 0 aliphatic carbocycles. The summed E-state index contributed by atoms with van der Waals surface area (Å²) in [5.74, 6) is 2.92. The standard InChI is InChI=1S/C54H36B2N2O2S2/c61-51-27-15-13-25-41(51)43-29-39(57(35-17-5-1-6-18-35)36-19-7-2-8-20-36)31-49-53(43)55-45-33-46-48(34-47(45)59-49)60-50-32-40(30-44(54(50)56-46)42-26-14-16-28-52(42)62)58(37-21-9-3-10-22-37)38-23-11-4-12-24-38/h1-34,61-62H. The average Bonchev–Trinajstić information content (AvgIpc) is 3.31. The van der Waals surface area contributed by atoms with Crippen molar-refractivity contribution in [2.45, 2.75) is 9.79 Å². The maximum atomic E-state index is 6.99. The summed E-state index contributed by atoms with van der Waals surface area (Å²) < 4.78 is 14.0. The fourth-order valence-corrected chi connectivity index (χ4v) is 9.11. The van der Waals surface area contributed by atoms with Gasteiger partial charge in [-0.05, 0) is 117 Å². The highest BCUT2D eigenvalue weighted by Gasteiger charge is 2.31. The summed E-state index contributed by atoms with van der Waals surface area (Å²) >= 11 is 9.92. The van der Waals surface area contributed by atoms with Gasteiger partial charge in [-0.1, -0.05) is 115 Å². The number of nitrogens with zero attached hydrogens (tertiary/aromatic N) is 2. The third-order valence-corrected chi connectivity index (χ3v) is 12.2. The number of hydrogen-bond donors (Lipinski definition) is 2. The fraction of sp³-hybridized carbons (Fsp3) is 0. The monoisotopic (exact) mass is 830 g/mol. The van der Waals surface area contributed by atoms with Gasteiger partial charge in [0.05, 0.1) is 11.4 Å². The summed E-state index contributed by atoms with van der Waals surface area (Å²) in [6.07, 6.45) is 0. The molecule has 9 aromatic carbocycles. The third kappa shape index (κ3) is 7.01.